The van der Waals surface area contributed by atoms with E-state index in [1.54, 1.807) is 11.3 Å². The van der Waals surface area contributed by atoms with Gasteiger partial charge in [0.25, 0.3) is 0 Å². The number of aromatic nitrogens is 1. The molecule has 0 radical (unpaired) electrons. The van der Waals surface area contributed by atoms with Crippen molar-refractivity contribution in [3.8, 4) is 0 Å². The summed E-state index contributed by atoms with van der Waals surface area (Å²) < 4.78 is 1.22. The van der Waals surface area contributed by atoms with Crippen LogP contribution in [0.4, 0.5) is 5.69 Å². The maximum absolute atomic E-state index is 12.3. The highest BCUT2D eigenvalue weighted by molar-refractivity contribution is 7.18. The minimum Gasteiger partial charge on any atom is -0.326 e. The highest BCUT2D eigenvalue weighted by atomic mass is 32.1. The van der Waals surface area contributed by atoms with Gasteiger partial charge >= 0.3 is 0 Å². The van der Waals surface area contributed by atoms with Crippen LogP contribution < -0.4 is 5.32 Å². The van der Waals surface area contributed by atoms with Gasteiger partial charge in [0.2, 0.25) is 5.91 Å². The quantitative estimate of drug-likeness (QED) is 0.660. The Labute approximate surface area is 151 Å². The van der Waals surface area contributed by atoms with Crippen molar-refractivity contribution in [1.82, 2.24) is 4.98 Å². The molecule has 0 bridgehead atoms. The topological polar surface area (TPSA) is 42.0 Å². The van der Waals surface area contributed by atoms with Gasteiger partial charge in [-0.1, -0.05) is 36.4 Å². The van der Waals surface area contributed by atoms with Crippen molar-refractivity contribution in [1.29, 1.82) is 0 Å². The predicted octanol–water partition coefficient (Wildman–Crippen LogP) is 5.18. The highest BCUT2D eigenvalue weighted by Gasteiger charge is 2.18. The summed E-state index contributed by atoms with van der Waals surface area (Å²) in [5.74, 6) is 0.232. The Balaban J connectivity index is 1.41. The number of carbonyl (C=O) groups excluding carboxylic acids is 1. The first kappa shape index (κ1) is 16.0. The number of nitrogens with one attached hydrogen (secondary N) is 1. The Morgan fingerprint density at radius 3 is 2.72 bits per heavy atom. The normalized spacial score (nSPS) is 16.9. The summed E-state index contributed by atoms with van der Waals surface area (Å²) in [4.78, 5) is 17.0. The Morgan fingerprint density at radius 1 is 1.12 bits per heavy atom. The Kier molecular flexibility index (Phi) is 4.61. The number of anilines is 1. The van der Waals surface area contributed by atoms with Crippen molar-refractivity contribution in [3.05, 3.63) is 71.3 Å². The van der Waals surface area contributed by atoms with Crippen LogP contribution in [0.3, 0.4) is 0 Å². The predicted molar refractivity (Wildman–Crippen MR) is 104 cm³/mol. The maximum atomic E-state index is 12.3. The molecule has 25 heavy (non-hydrogen) atoms. The molecule has 1 aliphatic rings. The van der Waals surface area contributed by atoms with E-state index in [-0.39, 0.29) is 11.8 Å². The minimum atomic E-state index is 0.104. The second-order valence-electron chi connectivity index (χ2n) is 6.42. The number of thiazole rings is 1. The second-order valence-corrected chi connectivity index (χ2v) is 7.53. The zero-order valence-electron chi connectivity index (χ0n) is 13.9. The first-order chi connectivity index (χ1) is 12.3. The molecule has 2 aromatic carbocycles. The molecule has 1 unspecified atom stereocenters. The summed E-state index contributed by atoms with van der Waals surface area (Å²) in [6.07, 6.45) is 7.87. The molecule has 4 heteroatoms. The number of hydrogen-bond donors (Lipinski definition) is 1. The van der Waals surface area contributed by atoms with E-state index in [0.29, 0.717) is 0 Å². The zero-order chi connectivity index (χ0) is 17.1. The van der Waals surface area contributed by atoms with Crippen LogP contribution in [0.5, 0.6) is 0 Å². The molecule has 0 aliphatic heterocycles. The van der Waals surface area contributed by atoms with Crippen molar-refractivity contribution in [2.45, 2.75) is 25.7 Å². The van der Waals surface area contributed by atoms with Gasteiger partial charge in [-0.25, -0.2) is 4.98 Å². The molecular weight excluding hydrogens is 328 g/mol. The summed E-state index contributed by atoms with van der Waals surface area (Å²) in [5.41, 5.74) is 3.14. The molecule has 1 atom stereocenters. The average Bonchev–Trinajstić information content (AvgIpc) is 3.06. The van der Waals surface area contributed by atoms with E-state index in [9.17, 15) is 4.79 Å². The standard InChI is InChI=1S/C21H20N2OS/c24-21(16-6-2-1-3-7-16)22-17-12-10-15(11-13-17)14-20-23-18-8-4-5-9-19(18)25-20/h1-2,4-5,8-13,16H,3,6-7,14H2,(H,22,24). The van der Waals surface area contributed by atoms with E-state index in [2.05, 4.69) is 46.7 Å². The molecule has 0 saturated carbocycles. The number of benzene rings is 2. The van der Waals surface area contributed by atoms with Crippen molar-refractivity contribution in [2.75, 3.05) is 5.32 Å². The molecule has 1 amide bonds. The van der Waals surface area contributed by atoms with Crippen molar-refractivity contribution >= 4 is 33.1 Å². The van der Waals surface area contributed by atoms with E-state index < -0.39 is 0 Å². The van der Waals surface area contributed by atoms with Crippen molar-refractivity contribution in [2.24, 2.45) is 5.92 Å². The number of fused-ring (bicyclic) bond motifs is 1. The molecular formula is C21H20N2OS. The zero-order valence-corrected chi connectivity index (χ0v) is 14.8. The fraction of sp³-hybridized carbons (Fsp3) is 0.238. The lowest BCUT2D eigenvalue weighted by Gasteiger charge is -2.17. The number of para-hydroxylation sites is 1. The van der Waals surface area contributed by atoms with Gasteiger partial charge in [0.05, 0.1) is 15.2 Å². The van der Waals surface area contributed by atoms with Crippen molar-refractivity contribution in [3.63, 3.8) is 0 Å². The SMILES string of the molecule is O=C(Nc1ccc(Cc2nc3ccccc3s2)cc1)C1CC=CCC1. The molecule has 1 aromatic heterocycles. The van der Waals surface area contributed by atoms with Gasteiger partial charge in [-0.05, 0) is 49.1 Å². The van der Waals surface area contributed by atoms with Gasteiger partial charge in [-0.2, -0.15) is 0 Å². The third-order valence-corrected chi connectivity index (χ3v) is 5.59. The van der Waals surface area contributed by atoms with Gasteiger partial charge < -0.3 is 5.32 Å². The number of allylic oxidation sites excluding steroid dienone is 2. The molecule has 0 fully saturated rings. The Bertz CT molecular complexity index is 878. The summed E-state index contributed by atoms with van der Waals surface area (Å²) >= 11 is 1.74. The molecule has 1 N–H and O–H groups in total. The van der Waals surface area contributed by atoms with Gasteiger partial charge in [0.15, 0.2) is 0 Å². The Morgan fingerprint density at radius 2 is 1.96 bits per heavy atom. The molecule has 0 saturated heterocycles. The highest BCUT2D eigenvalue weighted by Crippen LogP contribution is 2.24. The van der Waals surface area contributed by atoms with Crippen LogP contribution in [0.2, 0.25) is 0 Å². The van der Waals surface area contributed by atoms with E-state index >= 15 is 0 Å². The molecule has 1 heterocycles. The second kappa shape index (κ2) is 7.19. The van der Waals surface area contributed by atoms with Crippen LogP contribution in [0.15, 0.2) is 60.7 Å². The summed E-state index contributed by atoms with van der Waals surface area (Å²) in [7, 11) is 0. The summed E-state index contributed by atoms with van der Waals surface area (Å²) in [6.45, 7) is 0. The Hall–Kier alpha value is -2.46. The first-order valence-corrected chi connectivity index (χ1v) is 9.49. The van der Waals surface area contributed by atoms with Crippen LogP contribution in [-0.4, -0.2) is 10.9 Å². The average molecular weight is 348 g/mol. The number of hydrogen-bond acceptors (Lipinski definition) is 3. The third-order valence-electron chi connectivity index (χ3n) is 4.55. The lowest BCUT2D eigenvalue weighted by atomic mass is 9.93. The number of rotatable bonds is 4. The van der Waals surface area contributed by atoms with Gasteiger partial charge in [-0.15, -0.1) is 11.3 Å². The molecule has 4 rings (SSSR count). The van der Waals surface area contributed by atoms with E-state index in [1.807, 2.05) is 24.3 Å². The smallest absolute Gasteiger partial charge is 0.227 e. The fourth-order valence-corrected chi connectivity index (χ4v) is 4.15. The fourth-order valence-electron chi connectivity index (χ4n) is 3.15. The summed E-state index contributed by atoms with van der Waals surface area (Å²) in [6, 6.07) is 16.3. The lowest BCUT2D eigenvalue weighted by molar-refractivity contribution is -0.120. The van der Waals surface area contributed by atoms with Crippen LogP contribution in [0.25, 0.3) is 10.2 Å². The molecule has 3 nitrogen and oxygen atoms in total. The summed E-state index contributed by atoms with van der Waals surface area (Å²) in [5, 5.41) is 4.16. The number of carbonyl (C=O) groups is 1. The third kappa shape index (κ3) is 3.80. The van der Waals surface area contributed by atoms with Crippen LogP contribution in [0, 0.1) is 5.92 Å². The van der Waals surface area contributed by atoms with E-state index in [1.165, 1.54) is 10.3 Å². The number of amides is 1. The van der Waals surface area contributed by atoms with Gasteiger partial charge in [0, 0.05) is 18.0 Å². The molecule has 0 spiro atoms. The molecule has 126 valence electrons. The van der Waals surface area contributed by atoms with E-state index in [0.717, 1.165) is 41.9 Å². The van der Waals surface area contributed by atoms with Crippen molar-refractivity contribution < 1.29 is 4.79 Å². The molecule has 1 aliphatic carbocycles. The minimum absolute atomic E-state index is 0.104. The lowest BCUT2D eigenvalue weighted by Crippen LogP contribution is -2.23. The van der Waals surface area contributed by atoms with Crippen LogP contribution in [0.1, 0.15) is 29.8 Å². The molecule has 3 aromatic rings. The maximum Gasteiger partial charge on any atom is 0.227 e. The van der Waals surface area contributed by atoms with Crippen LogP contribution in [-0.2, 0) is 11.2 Å². The van der Waals surface area contributed by atoms with Gasteiger partial charge in [0.1, 0.15) is 0 Å². The van der Waals surface area contributed by atoms with E-state index in [4.69, 9.17) is 0 Å². The first-order valence-electron chi connectivity index (χ1n) is 8.67. The van der Waals surface area contributed by atoms with Gasteiger partial charge in [-0.3, -0.25) is 4.79 Å². The van der Waals surface area contributed by atoms with Crippen LogP contribution >= 0.6 is 11.3 Å². The largest absolute Gasteiger partial charge is 0.326 e. The monoisotopic (exact) mass is 348 g/mol. The number of nitrogens with zero attached hydrogens (tertiary/aromatic N) is 1.